The van der Waals surface area contributed by atoms with E-state index in [2.05, 4.69) is 9.97 Å². The molecule has 1 heterocycles. The fraction of sp³-hybridized carbons (Fsp3) is 0.385. The van der Waals surface area contributed by atoms with Gasteiger partial charge in [0, 0.05) is 11.1 Å². The van der Waals surface area contributed by atoms with Gasteiger partial charge in [-0.15, -0.1) is 0 Å². The number of fused-ring (bicyclic) bond motifs is 1. The molecule has 4 heteroatoms. The van der Waals surface area contributed by atoms with Gasteiger partial charge in [-0.25, -0.2) is 14.4 Å². The summed E-state index contributed by atoms with van der Waals surface area (Å²) in [6.45, 7) is 9.79. The highest BCUT2D eigenvalue weighted by Crippen LogP contribution is 2.23. The van der Waals surface area contributed by atoms with Crippen LogP contribution >= 0.6 is 11.6 Å². The molecular weight excluding hydrogens is 239 g/mol. The number of hydrogen-bond acceptors (Lipinski definition) is 2. The summed E-state index contributed by atoms with van der Waals surface area (Å²) in [4.78, 5) is 7.93. The van der Waals surface area contributed by atoms with Crippen molar-refractivity contribution in [1.29, 1.82) is 0 Å². The lowest BCUT2D eigenvalue weighted by Gasteiger charge is -2.01. The lowest BCUT2D eigenvalue weighted by molar-refractivity contribution is 0.629. The van der Waals surface area contributed by atoms with Gasteiger partial charge in [-0.1, -0.05) is 39.3 Å². The Kier molecular flexibility index (Phi) is 7.39. The molecule has 0 N–H and O–H groups in total. The molecule has 0 aliphatic rings. The van der Waals surface area contributed by atoms with Gasteiger partial charge in [0.25, 0.3) is 0 Å². The van der Waals surface area contributed by atoms with Crippen LogP contribution in [0.5, 0.6) is 0 Å². The minimum atomic E-state index is -0.365. The Labute approximate surface area is 107 Å². The number of benzene rings is 1. The van der Waals surface area contributed by atoms with Crippen molar-refractivity contribution in [2.45, 2.75) is 34.6 Å². The molecule has 0 saturated heterocycles. The number of aromatic nitrogens is 2. The number of halogens is 2. The fourth-order valence-corrected chi connectivity index (χ4v) is 1.47. The summed E-state index contributed by atoms with van der Waals surface area (Å²) in [6.07, 6.45) is 1.42. The van der Waals surface area contributed by atoms with Crippen LogP contribution in [0.4, 0.5) is 4.39 Å². The van der Waals surface area contributed by atoms with E-state index in [9.17, 15) is 4.39 Å². The molecule has 1 aromatic heterocycles. The zero-order valence-electron chi connectivity index (χ0n) is 10.9. The Balaban J connectivity index is 0.000000581. The van der Waals surface area contributed by atoms with Crippen LogP contribution in [0.2, 0.25) is 5.02 Å². The molecule has 94 valence electrons. The number of nitrogens with zero attached hydrogens (tertiary/aromatic N) is 2. The Morgan fingerprint density at radius 2 is 1.65 bits per heavy atom. The summed E-state index contributed by atoms with van der Waals surface area (Å²) in [5.41, 5.74) is 1.32. The zero-order chi connectivity index (χ0) is 13.4. The van der Waals surface area contributed by atoms with E-state index < -0.39 is 0 Å². The zero-order valence-corrected chi connectivity index (χ0v) is 11.6. The van der Waals surface area contributed by atoms with E-state index >= 15 is 0 Å². The molecule has 0 unspecified atom stereocenters. The smallest absolute Gasteiger partial charge is 0.125 e. The van der Waals surface area contributed by atoms with Gasteiger partial charge in [-0.05, 0) is 19.1 Å². The fourth-order valence-electron chi connectivity index (χ4n) is 1.22. The molecule has 0 aliphatic heterocycles. The molecule has 2 aromatic rings. The van der Waals surface area contributed by atoms with Gasteiger partial charge in [-0.2, -0.15) is 0 Å². The van der Waals surface area contributed by atoms with Crippen molar-refractivity contribution in [3.8, 4) is 0 Å². The monoisotopic (exact) mass is 256 g/mol. The largest absolute Gasteiger partial charge is 0.241 e. The van der Waals surface area contributed by atoms with Crippen LogP contribution in [0.3, 0.4) is 0 Å². The van der Waals surface area contributed by atoms with Gasteiger partial charge in [0.15, 0.2) is 0 Å². The van der Waals surface area contributed by atoms with Crippen molar-refractivity contribution in [3.05, 3.63) is 35.0 Å². The van der Waals surface area contributed by atoms with Gasteiger partial charge in [0.2, 0.25) is 0 Å². The molecule has 2 rings (SSSR count). The molecule has 0 spiro atoms. The lowest BCUT2D eigenvalue weighted by Crippen LogP contribution is -1.89. The summed E-state index contributed by atoms with van der Waals surface area (Å²) in [5.74, 6) is -0.365. The maximum absolute atomic E-state index is 12.9. The van der Waals surface area contributed by atoms with E-state index in [-0.39, 0.29) is 5.82 Å². The van der Waals surface area contributed by atoms with E-state index in [0.29, 0.717) is 15.9 Å². The van der Waals surface area contributed by atoms with Crippen molar-refractivity contribution in [3.63, 3.8) is 0 Å². The molecule has 17 heavy (non-hydrogen) atoms. The van der Waals surface area contributed by atoms with E-state index in [4.69, 9.17) is 11.6 Å². The topological polar surface area (TPSA) is 25.8 Å². The maximum Gasteiger partial charge on any atom is 0.125 e. The van der Waals surface area contributed by atoms with E-state index in [1.54, 1.807) is 6.92 Å². The van der Waals surface area contributed by atoms with Crippen LogP contribution in [0.25, 0.3) is 10.9 Å². The van der Waals surface area contributed by atoms with Crippen molar-refractivity contribution >= 4 is 22.5 Å². The summed E-state index contributed by atoms with van der Waals surface area (Å²) in [7, 11) is 0. The first-order valence-corrected chi connectivity index (χ1v) is 6.12. The van der Waals surface area contributed by atoms with Gasteiger partial charge in [-0.3, -0.25) is 0 Å². The van der Waals surface area contributed by atoms with Gasteiger partial charge in [0.1, 0.15) is 12.1 Å². The average Bonchev–Trinajstić information content (AvgIpc) is 2.36. The van der Waals surface area contributed by atoms with Gasteiger partial charge in [0.05, 0.1) is 10.5 Å². The minimum Gasteiger partial charge on any atom is -0.241 e. The molecule has 0 amide bonds. The molecule has 2 nitrogen and oxygen atoms in total. The summed E-state index contributed by atoms with van der Waals surface area (Å²) in [6, 6.07) is 2.63. The van der Waals surface area contributed by atoms with E-state index in [0.717, 1.165) is 5.69 Å². The minimum absolute atomic E-state index is 0.320. The third-order valence-electron chi connectivity index (χ3n) is 1.86. The highest BCUT2D eigenvalue weighted by Gasteiger charge is 2.05. The molecule has 0 radical (unpaired) electrons. The van der Waals surface area contributed by atoms with Crippen LogP contribution in [-0.2, 0) is 0 Å². The number of aryl methyl sites for hydroxylation is 1. The first-order chi connectivity index (χ1) is 8.18. The lowest BCUT2D eigenvalue weighted by atomic mass is 10.2. The molecular formula is C13H18ClFN2. The highest BCUT2D eigenvalue weighted by atomic mass is 35.5. The SMILES string of the molecule is CC.CC.Cc1ncnc2c(Cl)cc(F)cc12. The predicted molar refractivity (Wildman–Crippen MR) is 71.9 cm³/mol. The van der Waals surface area contributed by atoms with Crippen molar-refractivity contribution in [1.82, 2.24) is 9.97 Å². The Morgan fingerprint density at radius 1 is 1.06 bits per heavy atom. The van der Waals surface area contributed by atoms with Crippen LogP contribution in [0.1, 0.15) is 33.4 Å². The maximum atomic E-state index is 12.9. The molecule has 1 aromatic carbocycles. The Bertz CT molecular complexity index is 472. The summed E-state index contributed by atoms with van der Waals surface area (Å²) >= 11 is 5.80. The molecule has 0 bridgehead atoms. The number of hydrogen-bond donors (Lipinski definition) is 0. The second kappa shape index (κ2) is 7.96. The van der Waals surface area contributed by atoms with E-state index in [1.165, 1.54) is 18.5 Å². The summed E-state index contributed by atoms with van der Waals surface area (Å²) < 4.78 is 12.9. The normalized spacial score (nSPS) is 8.88. The second-order valence-electron chi connectivity index (χ2n) is 2.74. The van der Waals surface area contributed by atoms with E-state index in [1.807, 2.05) is 27.7 Å². The molecule has 0 atom stereocenters. The van der Waals surface area contributed by atoms with Crippen LogP contribution in [0.15, 0.2) is 18.5 Å². The molecule has 0 saturated carbocycles. The van der Waals surface area contributed by atoms with Crippen LogP contribution in [-0.4, -0.2) is 9.97 Å². The summed E-state index contributed by atoms with van der Waals surface area (Å²) in [5, 5.41) is 0.980. The Morgan fingerprint density at radius 3 is 2.24 bits per heavy atom. The quantitative estimate of drug-likeness (QED) is 0.678. The number of rotatable bonds is 0. The van der Waals surface area contributed by atoms with Crippen LogP contribution in [0, 0.1) is 12.7 Å². The van der Waals surface area contributed by atoms with Crippen LogP contribution < -0.4 is 0 Å². The first-order valence-electron chi connectivity index (χ1n) is 5.75. The van der Waals surface area contributed by atoms with Crippen molar-refractivity contribution in [2.24, 2.45) is 0 Å². The first kappa shape index (κ1) is 15.8. The second-order valence-corrected chi connectivity index (χ2v) is 3.15. The third-order valence-corrected chi connectivity index (χ3v) is 2.14. The van der Waals surface area contributed by atoms with Gasteiger partial charge < -0.3 is 0 Å². The van der Waals surface area contributed by atoms with Crippen molar-refractivity contribution in [2.75, 3.05) is 0 Å². The predicted octanol–water partition coefficient (Wildman–Crippen LogP) is 4.78. The van der Waals surface area contributed by atoms with Crippen molar-refractivity contribution < 1.29 is 4.39 Å². The average molecular weight is 257 g/mol. The standard InChI is InChI=1S/C9H6ClFN2.2C2H6/c1-5-7-2-6(11)3-8(10)9(7)13-4-12-5;2*1-2/h2-4H,1H3;2*1-2H3. The molecule has 0 fully saturated rings. The third kappa shape index (κ3) is 3.93. The van der Waals surface area contributed by atoms with Gasteiger partial charge >= 0.3 is 0 Å². The Hall–Kier alpha value is -1.22. The highest BCUT2D eigenvalue weighted by molar-refractivity contribution is 6.35. The molecule has 0 aliphatic carbocycles.